The van der Waals surface area contributed by atoms with Crippen molar-refractivity contribution in [1.29, 1.82) is 0 Å². The van der Waals surface area contributed by atoms with Gasteiger partial charge >= 0.3 is 10.7 Å². The molecular formula is C9H11N3O4S3. The number of nitro groups is 2. The summed E-state index contributed by atoms with van der Waals surface area (Å²) in [6.45, 7) is 5.20. The third-order valence-electron chi connectivity index (χ3n) is 2.24. The third kappa shape index (κ3) is 3.85. The van der Waals surface area contributed by atoms with Crippen molar-refractivity contribution in [2.75, 3.05) is 13.1 Å². The second-order valence-corrected chi connectivity index (χ2v) is 6.25. The molecule has 0 saturated carbocycles. The van der Waals surface area contributed by atoms with Crippen molar-refractivity contribution in [2.24, 2.45) is 0 Å². The summed E-state index contributed by atoms with van der Waals surface area (Å²) in [6, 6.07) is 0.970. The smallest absolute Gasteiger partial charge is 0.332 e. The van der Waals surface area contributed by atoms with Crippen LogP contribution in [0.2, 0.25) is 0 Å². The molecule has 0 amide bonds. The lowest BCUT2D eigenvalue weighted by molar-refractivity contribution is -0.391. The van der Waals surface area contributed by atoms with Crippen LogP contribution in [0.25, 0.3) is 0 Å². The molecule has 1 aromatic rings. The van der Waals surface area contributed by atoms with E-state index in [9.17, 15) is 20.2 Å². The number of thiophene rings is 1. The molecule has 10 heteroatoms. The molecule has 0 aliphatic heterocycles. The fourth-order valence-electron chi connectivity index (χ4n) is 1.27. The van der Waals surface area contributed by atoms with Crippen molar-refractivity contribution in [3.05, 3.63) is 26.3 Å². The van der Waals surface area contributed by atoms with Gasteiger partial charge in [-0.2, -0.15) is 0 Å². The first-order valence-electron chi connectivity index (χ1n) is 5.30. The molecule has 0 aromatic carbocycles. The minimum atomic E-state index is -0.637. The molecule has 0 N–H and O–H groups in total. The van der Waals surface area contributed by atoms with Crippen molar-refractivity contribution < 1.29 is 9.85 Å². The van der Waals surface area contributed by atoms with Crippen LogP contribution in [0.15, 0.2) is 10.3 Å². The van der Waals surface area contributed by atoms with Gasteiger partial charge in [0.1, 0.15) is 10.4 Å². The number of thiocarbonyl (C=S) groups is 1. The van der Waals surface area contributed by atoms with Crippen molar-refractivity contribution in [3.8, 4) is 0 Å². The summed E-state index contributed by atoms with van der Waals surface area (Å²) in [6.07, 6.45) is 0. The monoisotopic (exact) mass is 321 g/mol. The molecule has 104 valence electrons. The van der Waals surface area contributed by atoms with Gasteiger partial charge in [0.05, 0.1) is 9.85 Å². The standard InChI is InChI=1S/C9H11N3O4S3/c1-3-10(4-2)9(17)19-8-6(11(13)14)5-7(18-8)12(15)16/h5H,3-4H2,1-2H3. The average molecular weight is 321 g/mol. The second-order valence-electron chi connectivity index (χ2n) is 3.31. The summed E-state index contributed by atoms with van der Waals surface area (Å²) < 4.78 is 0.721. The topological polar surface area (TPSA) is 89.5 Å². The minimum Gasteiger partial charge on any atom is -0.358 e. The molecule has 0 spiro atoms. The summed E-state index contributed by atoms with van der Waals surface area (Å²) in [4.78, 5) is 22.1. The van der Waals surface area contributed by atoms with Gasteiger partial charge in [-0.15, -0.1) is 0 Å². The van der Waals surface area contributed by atoms with E-state index >= 15 is 0 Å². The first kappa shape index (κ1) is 15.8. The Morgan fingerprint density at radius 1 is 1.37 bits per heavy atom. The quantitative estimate of drug-likeness (QED) is 0.356. The molecule has 19 heavy (non-hydrogen) atoms. The van der Waals surface area contributed by atoms with Gasteiger partial charge in [0, 0.05) is 13.1 Å². The van der Waals surface area contributed by atoms with Crippen LogP contribution in [0.3, 0.4) is 0 Å². The Morgan fingerprint density at radius 2 is 1.95 bits per heavy atom. The van der Waals surface area contributed by atoms with E-state index in [1.165, 1.54) is 0 Å². The Morgan fingerprint density at radius 3 is 2.37 bits per heavy atom. The fraction of sp³-hybridized carbons (Fsp3) is 0.444. The lowest BCUT2D eigenvalue weighted by Crippen LogP contribution is -2.26. The van der Waals surface area contributed by atoms with E-state index < -0.39 is 9.85 Å². The predicted molar refractivity (Wildman–Crippen MR) is 79.0 cm³/mol. The Labute approximate surface area is 122 Å². The summed E-state index contributed by atoms with van der Waals surface area (Å²) in [5.74, 6) is 0. The highest BCUT2D eigenvalue weighted by molar-refractivity contribution is 8.24. The van der Waals surface area contributed by atoms with E-state index in [1.54, 1.807) is 0 Å². The van der Waals surface area contributed by atoms with Crippen molar-refractivity contribution >= 4 is 50.3 Å². The summed E-state index contributed by atoms with van der Waals surface area (Å²) in [7, 11) is 0. The van der Waals surface area contributed by atoms with Crippen LogP contribution in [-0.4, -0.2) is 32.2 Å². The van der Waals surface area contributed by atoms with Crippen LogP contribution in [0.5, 0.6) is 0 Å². The summed E-state index contributed by atoms with van der Waals surface area (Å²) >= 11 is 6.97. The van der Waals surface area contributed by atoms with Crippen LogP contribution in [0.4, 0.5) is 10.7 Å². The van der Waals surface area contributed by atoms with Gasteiger partial charge in [-0.1, -0.05) is 12.2 Å². The van der Waals surface area contributed by atoms with Gasteiger partial charge < -0.3 is 4.90 Å². The number of rotatable bonds is 5. The Kier molecular flexibility index (Phi) is 5.63. The molecule has 0 aliphatic carbocycles. The van der Waals surface area contributed by atoms with E-state index in [0.717, 1.165) is 29.2 Å². The van der Waals surface area contributed by atoms with E-state index in [1.807, 2.05) is 18.7 Å². The van der Waals surface area contributed by atoms with Crippen LogP contribution >= 0.6 is 35.3 Å². The maximum atomic E-state index is 10.9. The SMILES string of the molecule is CCN(CC)C(=S)Sc1sc([N+](=O)[O-])cc1[N+](=O)[O-]. The number of thioether (sulfide) groups is 1. The molecule has 0 aliphatic rings. The van der Waals surface area contributed by atoms with Crippen LogP contribution in [-0.2, 0) is 0 Å². The maximum absolute atomic E-state index is 10.9. The normalized spacial score (nSPS) is 10.2. The molecule has 1 aromatic heterocycles. The first-order valence-corrected chi connectivity index (χ1v) is 7.34. The summed E-state index contributed by atoms with van der Waals surface area (Å²) in [5.41, 5.74) is -0.267. The Bertz CT molecular complexity index is 513. The molecule has 0 atom stereocenters. The van der Waals surface area contributed by atoms with E-state index in [0.29, 0.717) is 17.4 Å². The average Bonchev–Trinajstić information content (AvgIpc) is 2.74. The zero-order valence-electron chi connectivity index (χ0n) is 10.2. The summed E-state index contributed by atoms with van der Waals surface area (Å²) in [5, 5.41) is 21.3. The maximum Gasteiger partial charge on any atom is 0.332 e. The number of hydrogen-bond acceptors (Lipinski definition) is 7. The molecule has 0 saturated heterocycles. The molecule has 0 radical (unpaired) electrons. The third-order valence-corrected chi connectivity index (χ3v) is 4.95. The molecule has 7 nitrogen and oxygen atoms in total. The van der Waals surface area contributed by atoms with Crippen molar-refractivity contribution in [3.63, 3.8) is 0 Å². The highest BCUT2D eigenvalue weighted by atomic mass is 32.2. The van der Waals surface area contributed by atoms with Crippen LogP contribution < -0.4 is 0 Å². The van der Waals surface area contributed by atoms with Crippen LogP contribution in [0, 0.1) is 20.2 Å². The second kappa shape index (κ2) is 6.78. The van der Waals surface area contributed by atoms with Gasteiger partial charge in [0.25, 0.3) is 0 Å². The molecular weight excluding hydrogens is 310 g/mol. The van der Waals surface area contributed by atoms with Crippen molar-refractivity contribution in [2.45, 2.75) is 18.1 Å². The molecule has 1 heterocycles. The number of hydrogen-bond donors (Lipinski definition) is 0. The highest BCUT2D eigenvalue weighted by Gasteiger charge is 2.26. The minimum absolute atomic E-state index is 0.244. The fourth-order valence-corrected chi connectivity index (χ4v) is 4.05. The zero-order valence-corrected chi connectivity index (χ0v) is 12.6. The van der Waals surface area contributed by atoms with E-state index in [2.05, 4.69) is 0 Å². The highest BCUT2D eigenvalue weighted by Crippen LogP contribution is 2.42. The van der Waals surface area contributed by atoms with Crippen LogP contribution in [0.1, 0.15) is 13.8 Å². The molecule has 0 bridgehead atoms. The Hall–Kier alpha value is -1.26. The van der Waals surface area contributed by atoms with Gasteiger partial charge in [0.2, 0.25) is 0 Å². The molecule has 0 fully saturated rings. The van der Waals surface area contributed by atoms with Gasteiger partial charge in [-0.25, -0.2) is 0 Å². The van der Waals surface area contributed by atoms with E-state index in [4.69, 9.17) is 12.2 Å². The van der Waals surface area contributed by atoms with Gasteiger partial charge in [-0.3, -0.25) is 20.2 Å². The first-order chi connectivity index (χ1) is 8.90. The Balaban J connectivity index is 3.02. The zero-order chi connectivity index (χ0) is 14.6. The van der Waals surface area contributed by atoms with Gasteiger partial charge in [-0.05, 0) is 36.9 Å². The lowest BCUT2D eigenvalue weighted by Gasteiger charge is -2.19. The van der Waals surface area contributed by atoms with Gasteiger partial charge in [0.15, 0.2) is 4.21 Å². The van der Waals surface area contributed by atoms with E-state index in [-0.39, 0.29) is 14.9 Å². The largest absolute Gasteiger partial charge is 0.358 e. The molecule has 0 unspecified atom stereocenters. The number of nitrogens with zero attached hydrogens (tertiary/aromatic N) is 3. The predicted octanol–water partition coefficient (Wildman–Crippen LogP) is 3.28. The van der Waals surface area contributed by atoms with Crippen molar-refractivity contribution in [1.82, 2.24) is 4.90 Å². The lowest BCUT2D eigenvalue weighted by atomic mass is 10.5. The molecule has 1 rings (SSSR count).